The van der Waals surface area contributed by atoms with Gasteiger partial charge in [0.05, 0.1) is 43.4 Å². The number of likely N-dealkylation sites (N-methyl/N-ethyl adjacent to an activating group) is 1. The van der Waals surface area contributed by atoms with Crippen LogP contribution in [0.15, 0.2) is 30.0 Å². The van der Waals surface area contributed by atoms with Crippen LogP contribution in [0.5, 0.6) is 0 Å². The highest BCUT2D eigenvalue weighted by molar-refractivity contribution is 7.94. The maximum Gasteiger partial charge on any atom is 0.407 e. The second-order valence-corrected chi connectivity index (χ2v) is 11.8. The molecule has 3 fully saturated rings. The molecule has 3 saturated heterocycles. The zero-order valence-electron chi connectivity index (χ0n) is 19.6. The van der Waals surface area contributed by atoms with Gasteiger partial charge in [-0.15, -0.1) is 0 Å². The number of carboxylic acids is 1. The van der Waals surface area contributed by atoms with Gasteiger partial charge in [0.25, 0.3) is 5.91 Å². The van der Waals surface area contributed by atoms with E-state index in [2.05, 4.69) is 22.2 Å². The number of quaternary nitrogens is 1. The van der Waals surface area contributed by atoms with Gasteiger partial charge in [0.15, 0.2) is 15.2 Å². The number of alkyl carbamates (subject to hydrolysis) is 1. The summed E-state index contributed by atoms with van der Waals surface area (Å²) in [5, 5.41) is 13.1. The lowest BCUT2D eigenvalue weighted by atomic mass is 9.94. The summed E-state index contributed by atoms with van der Waals surface area (Å²) in [7, 11) is -2.17. The van der Waals surface area contributed by atoms with E-state index in [-0.39, 0.29) is 5.57 Å². The molecule has 4 heterocycles. The Bertz CT molecular complexity index is 1130. The number of nitrogens with one attached hydrogen (secondary N) is 2. The number of carboxylic acid groups (broad SMARTS) is 1. The number of hydrogen-bond acceptors (Lipinski definition) is 9. The Morgan fingerprint density at radius 2 is 2.06 bits per heavy atom. The molecule has 0 aromatic carbocycles. The number of carbonyl (C=O) groups excluding carboxylic acids is 3. The zero-order valence-corrected chi connectivity index (χ0v) is 20.4. The smallest absolute Gasteiger partial charge is 0.407 e. The highest BCUT2D eigenvalue weighted by Gasteiger charge is 2.70. The first-order valence-electron chi connectivity index (χ1n) is 11.4. The van der Waals surface area contributed by atoms with Crippen molar-refractivity contribution >= 4 is 33.9 Å². The van der Waals surface area contributed by atoms with Crippen LogP contribution in [0.25, 0.3) is 6.08 Å². The summed E-state index contributed by atoms with van der Waals surface area (Å²) in [5.41, 5.74) is 0.277. The number of carbonyl (C=O) groups is 3. The lowest BCUT2D eigenvalue weighted by Crippen LogP contribution is -3.12. The van der Waals surface area contributed by atoms with Gasteiger partial charge in [0.2, 0.25) is 0 Å². The summed E-state index contributed by atoms with van der Waals surface area (Å²) in [6.07, 6.45) is 1.96. The standard InChI is InChI=1S/C22H29N5O7S/c1-22(14-34-21(31)24-7-8-26-11-9-25(2)10-12-26)17(20(29)30)27-18(28)16(19(27)35(22,32)33)13-15-5-3-4-6-23-15/h3-6,13,17,19H,7-12,14H2,1-2H3,(H,24,31)(H,29,30)/b16-13-/t17-,19+,22-/m0/s1. The topological polar surface area (TPSA) is 153 Å². The Kier molecular flexibility index (Phi) is 6.84. The van der Waals surface area contributed by atoms with Crippen LogP contribution in [0.2, 0.25) is 0 Å². The molecule has 0 aliphatic carbocycles. The predicted octanol–water partition coefficient (Wildman–Crippen LogP) is -3.50. The number of sulfone groups is 1. The van der Waals surface area contributed by atoms with Gasteiger partial charge in [-0.2, -0.15) is 0 Å². The van der Waals surface area contributed by atoms with Crippen LogP contribution in [0.3, 0.4) is 0 Å². The molecular formula is C22H29N5O7S. The largest absolute Gasteiger partial charge is 0.548 e. The highest BCUT2D eigenvalue weighted by Crippen LogP contribution is 2.49. The minimum Gasteiger partial charge on any atom is -0.548 e. The van der Waals surface area contributed by atoms with Crippen molar-refractivity contribution < 1.29 is 37.5 Å². The number of ether oxygens (including phenoxy) is 1. The number of nitrogens with zero attached hydrogens (tertiary/aromatic N) is 3. The van der Waals surface area contributed by atoms with Gasteiger partial charge in [-0.3, -0.25) is 14.7 Å². The fraction of sp³-hybridized carbons (Fsp3) is 0.545. The second kappa shape index (κ2) is 9.55. The van der Waals surface area contributed by atoms with Crippen molar-refractivity contribution in [2.75, 3.05) is 52.9 Å². The van der Waals surface area contributed by atoms with Crippen molar-refractivity contribution in [3.63, 3.8) is 0 Å². The number of fused-ring (bicyclic) bond motifs is 1. The number of aromatic nitrogens is 1. The average molecular weight is 508 g/mol. The van der Waals surface area contributed by atoms with Gasteiger partial charge in [0, 0.05) is 32.4 Å². The normalized spacial score (nSPS) is 29.5. The van der Waals surface area contributed by atoms with E-state index in [4.69, 9.17) is 4.74 Å². The van der Waals surface area contributed by atoms with Crippen LogP contribution in [0.1, 0.15) is 12.6 Å². The van der Waals surface area contributed by atoms with Crippen molar-refractivity contribution in [2.45, 2.75) is 23.1 Å². The molecule has 3 aliphatic rings. The minimum absolute atomic E-state index is 0.0860. The van der Waals surface area contributed by atoms with Crippen LogP contribution in [-0.4, -0.2) is 110 Å². The molecule has 0 saturated carbocycles. The predicted molar refractivity (Wildman–Crippen MR) is 121 cm³/mol. The number of aliphatic carboxylic acids is 1. The molecule has 2 amide bonds. The first kappa shape index (κ1) is 25.1. The van der Waals surface area contributed by atoms with E-state index in [0.717, 1.165) is 38.0 Å². The van der Waals surface area contributed by atoms with E-state index in [9.17, 15) is 27.9 Å². The van der Waals surface area contributed by atoms with Crippen LogP contribution < -0.4 is 15.3 Å². The van der Waals surface area contributed by atoms with Crippen molar-refractivity contribution in [1.29, 1.82) is 0 Å². The quantitative estimate of drug-likeness (QED) is 0.283. The van der Waals surface area contributed by atoms with Crippen LogP contribution in [-0.2, 0) is 24.2 Å². The van der Waals surface area contributed by atoms with Gasteiger partial charge in [-0.1, -0.05) is 6.07 Å². The Balaban J connectivity index is 1.44. The van der Waals surface area contributed by atoms with E-state index in [1.54, 1.807) is 18.2 Å². The maximum atomic E-state index is 13.4. The molecule has 1 aromatic rings. The van der Waals surface area contributed by atoms with Crippen LogP contribution in [0, 0.1) is 0 Å². The molecule has 1 aromatic heterocycles. The number of piperazine rings is 1. The summed E-state index contributed by atoms with van der Waals surface area (Å²) in [5.74, 6) is -2.47. The van der Waals surface area contributed by atoms with Crippen molar-refractivity contribution in [1.82, 2.24) is 20.1 Å². The average Bonchev–Trinajstić information content (AvgIpc) is 2.99. The molecule has 3 atom stereocenters. The molecule has 3 aliphatic heterocycles. The Morgan fingerprint density at radius 3 is 2.69 bits per heavy atom. The minimum atomic E-state index is -4.29. The summed E-state index contributed by atoms with van der Waals surface area (Å²) in [6.45, 7) is 5.18. The number of hydrogen-bond donors (Lipinski definition) is 2. The third-order valence-electron chi connectivity index (χ3n) is 6.91. The lowest BCUT2D eigenvalue weighted by Gasteiger charge is -2.40. The molecule has 0 bridgehead atoms. The van der Waals surface area contributed by atoms with E-state index >= 15 is 0 Å². The second-order valence-electron chi connectivity index (χ2n) is 9.30. The molecule has 35 heavy (non-hydrogen) atoms. The summed E-state index contributed by atoms with van der Waals surface area (Å²) in [6, 6.07) is 3.14. The maximum absolute atomic E-state index is 13.4. The Hall–Kier alpha value is -3.03. The number of amides is 2. The van der Waals surface area contributed by atoms with Crippen molar-refractivity contribution in [2.24, 2.45) is 0 Å². The van der Waals surface area contributed by atoms with E-state index in [0.29, 0.717) is 18.8 Å². The Labute approximate surface area is 203 Å². The van der Waals surface area contributed by atoms with Gasteiger partial charge in [0.1, 0.15) is 11.4 Å². The fourth-order valence-corrected chi connectivity index (χ4v) is 7.00. The van der Waals surface area contributed by atoms with Gasteiger partial charge in [-0.05, 0) is 25.1 Å². The summed E-state index contributed by atoms with van der Waals surface area (Å²) >= 11 is 0. The molecule has 4 rings (SSSR count). The lowest BCUT2D eigenvalue weighted by molar-refractivity contribution is -0.884. The van der Waals surface area contributed by atoms with Gasteiger partial charge in [-0.25, -0.2) is 13.2 Å². The molecule has 13 heteroatoms. The van der Waals surface area contributed by atoms with Crippen LogP contribution >= 0.6 is 0 Å². The summed E-state index contributed by atoms with van der Waals surface area (Å²) in [4.78, 5) is 45.4. The molecule has 190 valence electrons. The van der Waals surface area contributed by atoms with Crippen molar-refractivity contribution in [3.05, 3.63) is 35.7 Å². The SMILES string of the molecule is C[NH+]1CCN(CCNC(=O)OC[C@@]2(C)[C@H](C(=O)[O-])N3C(=O)/C(=C/c4ccccn4)[C@H]3S2(=O)=O)CC1. The first-order chi connectivity index (χ1) is 16.6. The van der Waals surface area contributed by atoms with Gasteiger partial charge >= 0.3 is 6.09 Å². The molecular weight excluding hydrogens is 478 g/mol. The number of pyridine rings is 1. The zero-order chi connectivity index (χ0) is 25.4. The highest BCUT2D eigenvalue weighted by atomic mass is 32.2. The summed E-state index contributed by atoms with van der Waals surface area (Å²) < 4.78 is 29.9. The molecule has 12 nitrogen and oxygen atoms in total. The van der Waals surface area contributed by atoms with Gasteiger partial charge < -0.3 is 29.8 Å². The molecule has 0 spiro atoms. The van der Waals surface area contributed by atoms with E-state index in [1.165, 1.54) is 17.2 Å². The van der Waals surface area contributed by atoms with E-state index < -0.39 is 50.6 Å². The molecule has 0 unspecified atom stereocenters. The monoisotopic (exact) mass is 507 g/mol. The fourth-order valence-electron chi connectivity index (χ4n) is 4.73. The number of rotatable bonds is 7. The third kappa shape index (κ3) is 4.50. The van der Waals surface area contributed by atoms with Crippen molar-refractivity contribution in [3.8, 4) is 0 Å². The van der Waals surface area contributed by atoms with E-state index in [1.807, 2.05) is 0 Å². The third-order valence-corrected chi connectivity index (χ3v) is 9.62. The Morgan fingerprint density at radius 1 is 1.34 bits per heavy atom. The molecule has 2 N–H and O–H groups in total. The van der Waals surface area contributed by atoms with Crippen LogP contribution in [0.4, 0.5) is 4.79 Å². The molecule has 0 radical (unpaired) electrons. The number of β-lactam (4-membered cyclic amide) rings is 1. The first-order valence-corrected chi connectivity index (χ1v) is 12.9.